The van der Waals surface area contributed by atoms with Crippen LogP contribution in [0.15, 0.2) is 64.2 Å². The Hall–Kier alpha value is -2.60. The van der Waals surface area contributed by atoms with Crippen molar-refractivity contribution in [1.29, 1.82) is 0 Å². The van der Waals surface area contributed by atoms with E-state index in [0.717, 1.165) is 18.5 Å². The maximum Gasteiger partial charge on any atom is 0.277 e. The zero-order valence-corrected chi connectivity index (χ0v) is 15.1. The number of fused-ring (bicyclic) bond motifs is 1. The molecule has 4 rings (SSSR count). The third kappa shape index (κ3) is 3.96. The summed E-state index contributed by atoms with van der Waals surface area (Å²) in [5, 5.41) is 8.56. The van der Waals surface area contributed by atoms with E-state index in [9.17, 15) is 4.79 Å². The average molecular weight is 365 g/mol. The minimum absolute atomic E-state index is 0.104. The van der Waals surface area contributed by atoms with E-state index in [4.69, 9.17) is 4.42 Å². The summed E-state index contributed by atoms with van der Waals surface area (Å²) in [4.78, 5) is 14.4. The first kappa shape index (κ1) is 16.8. The number of hydrogen-bond donors (Lipinski definition) is 0. The highest BCUT2D eigenvalue weighted by Gasteiger charge is 2.21. The van der Waals surface area contributed by atoms with E-state index in [2.05, 4.69) is 28.4 Å². The Morgan fingerprint density at radius 3 is 2.65 bits per heavy atom. The Labute approximate surface area is 156 Å². The standard InChI is InChI=1S/C20H19N3O2S/c24-19(23-11-10-16-8-4-5-9-17(16)13-23)14-26-20-22-21-18(25-20)12-15-6-2-1-3-7-15/h1-9H,10-14H2. The van der Waals surface area contributed by atoms with Crippen LogP contribution in [0, 0.1) is 0 Å². The zero-order chi connectivity index (χ0) is 17.8. The van der Waals surface area contributed by atoms with E-state index in [0.29, 0.717) is 29.8 Å². The fraction of sp³-hybridized carbons (Fsp3) is 0.250. The Morgan fingerprint density at radius 1 is 1.04 bits per heavy atom. The molecular weight excluding hydrogens is 346 g/mol. The molecule has 26 heavy (non-hydrogen) atoms. The molecule has 0 atom stereocenters. The molecule has 0 N–H and O–H groups in total. The first-order valence-corrected chi connectivity index (χ1v) is 9.60. The summed E-state index contributed by atoms with van der Waals surface area (Å²) in [6.07, 6.45) is 1.51. The van der Waals surface area contributed by atoms with Crippen LogP contribution >= 0.6 is 11.8 Å². The molecule has 1 aromatic heterocycles. The number of hydrogen-bond acceptors (Lipinski definition) is 5. The second-order valence-corrected chi connectivity index (χ2v) is 7.17. The fourth-order valence-electron chi connectivity index (χ4n) is 3.06. The van der Waals surface area contributed by atoms with Crippen LogP contribution in [0.3, 0.4) is 0 Å². The third-order valence-corrected chi connectivity index (χ3v) is 5.25. The largest absolute Gasteiger partial charge is 0.416 e. The molecule has 0 fully saturated rings. The van der Waals surface area contributed by atoms with Gasteiger partial charge in [0, 0.05) is 13.1 Å². The molecule has 3 aromatic rings. The second kappa shape index (κ2) is 7.74. The molecule has 0 saturated heterocycles. The quantitative estimate of drug-likeness (QED) is 0.649. The zero-order valence-electron chi connectivity index (χ0n) is 14.3. The van der Waals surface area contributed by atoms with Gasteiger partial charge in [0.15, 0.2) is 0 Å². The van der Waals surface area contributed by atoms with Crippen LogP contribution in [0.25, 0.3) is 0 Å². The Bertz CT molecular complexity index is 895. The fourth-order valence-corrected chi connectivity index (χ4v) is 3.75. The van der Waals surface area contributed by atoms with Crippen LogP contribution in [-0.2, 0) is 24.2 Å². The third-order valence-electron chi connectivity index (χ3n) is 4.45. The van der Waals surface area contributed by atoms with Crippen LogP contribution in [0.4, 0.5) is 0 Å². The Balaban J connectivity index is 1.31. The van der Waals surface area contributed by atoms with Crippen molar-refractivity contribution in [3.63, 3.8) is 0 Å². The number of amides is 1. The number of benzene rings is 2. The number of thioether (sulfide) groups is 1. The van der Waals surface area contributed by atoms with Crippen molar-refractivity contribution in [1.82, 2.24) is 15.1 Å². The highest BCUT2D eigenvalue weighted by atomic mass is 32.2. The van der Waals surface area contributed by atoms with E-state index in [1.807, 2.05) is 41.3 Å². The number of rotatable bonds is 5. The van der Waals surface area contributed by atoms with Crippen LogP contribution in [0.2, 0.25) is 0 Å². The molecule has 0 bridgehead atoms. The van der Waals surface area contributed by atoms with E-state index in [1.54, 1.807) is 0 Å². The number of aromatic nitrogens is 2. The number of carbonyl (C=O) groups is 1. The number of carbonyl (C=O) groups excluding carboxylic acids is 1. The van der Waals surface area contributed by atoms with Gasteiger partial charge in [-0.1, -0.05) is 66.4 Å². The lowest BCUT2D eigenvalue weighted by Gasteiger charge is -2.28. The molecule has 0 saturated carbocycles. The molecule has 1 aliphatic rings. The maximum absolute atomic E-state index is 12.5. The molecule has 5 nitrogen and oxygen atoms in total. The van der Waals surface area contributed by atoms with Crippen molar-refractivity contribution < 1.29 is 9.21 Å². The minimum Gasteiger partial charge on any atom is -0.416 e. The molecule has 1 amide bonds. The maximum atomic E-state index is 12.5. The van der Waals surface area contributed by atoms with Gasteiger partial charge >= 0.3 is 0 Å². The normalized spacial score (nSPS) is 13.5. The molecule has 2 aromatic carbocycles. The van der Waals surface area contributed by atoms with Gasteiger partial charge in [-0.2, -0.15) is 0 Å². The molecule has 0 unspecified atom stereocenters. The van der Waals surface area contributed by atoms with E-state index in [1.165, 1.54) is 22.9 Å². The van der Waals surface area contributed by atoms with Crippen molar-refractivity contribution in [3.05, 3.63) is 77.2 Å². The van der Waals surface area contributed by atoms with Gasteiger partial charge in [0.2, 0.25) is 11.8 Å². The second-order valence-electron chi connectivity index (χ2n) is 6.25. The van der Waals surface area contributed by atoms with Gasteiger partial charge in [0.25, 0.3) is 5.22 Å². The monoisotopic (exact) mass is 365 g/mol. The van der Waals surface area contributed by atoms with E-state index in [-0.39, 0.29) is 5.91 Å². The van der Waals surface area contributed by atoms with Crippen molar-refractivity contribution in [2.45, 2.75) is 24.6 Å². The molecule has 6 heteroatoms. The smallest absolute Gasteiger partial charge is 0.277 e. The van der Waals surface area contributed by atoms with Gasteiger partial charge in [-0.15, -0.1) is 10.2 Å². The van der Waals surface area contributed by atoms with Crippen molar-refractivity contribution in [2.75, 3.05) is 12.3 Å². The Kier molecular flexibility index (Phi) is 5.02. The molecule has 132 valence electrons. The first-order valence-electron chi connectivity index (χ1n) is 8.61. The van der Waals surface area contributed by atoms with Gasteiger partial charge in [-0.25, -0.2) is 0 Å². The SMILES string of the molecule is O=C(CSc1nnc(Cc2ccccc2)o1)N1CCc2ccccc2C1. The highest BCUT2D eigenvalue weighted by Crippen LogP contribution is 2.22. The first-order chi connectivity index (χ1) is 12.8. The van der Waals surface area contributed by atoms with Gasteiger partial charge in [-0.3, -0.25) is 4.79 Å². The van der Waals surface area contributed by atoms with E-state index < -0.39 is 0 Å². The van der Waals surface area contributed by atoms with Crippen LogP contribution in [0.5, 0.6) is 0 Å². The topological polar surface area (TPSA) is 59.2 Å². The molecule has 1 aliphatic heterocycles. The average Bonchev–Trinajstić information content (AvgIpc) is 3.14. The van der Waals surface area contributed by atoms with Crippen molar-refractivity contribution in [2.24, 2.45) is 0 Å². The summed E-state index contributed by atoms with van der Waals surface area (Å²) in [5.74, 6) is 0.986. The molecule has 0 radical (unpaired) electrons. The van der Waals surface area contributed by atoms with Crippen LogP contribution in [0.1, 0.15) is 22.6 Å². The van der Waals surface area contributed by atoms with E-state index >= 15 is 0 Å². The predicted molar refractivity (Wildman–Crippen MR) is 99.8 cm³/mol. The molecule has 2 heterocycles. The summed E-state index contributed by atoms with van der Waals surface area (Å²) in [7, 11) is 0. The summed E-state index contributed by atoms with van der Waals surface area (Å²) in [6, 6.07) is 18.3. The van der Waals surface area contributed by atoms with Crippen LogP contribution < -0.4 is 0 Å². The summed E-state index contributed by atoms with van der Waals surface area (Å²) < 4.78 is 5.65. The summed E-state index contributed by atoms with van der Waals surface area (Å²) in [6.45, 7) is 1.44. The molecule has 0 aliphatic carbocycles. The lowest BCUT2D eigenvalue weighted by Crippen LogP contribution is -2.37. The lowest BCUT2D eigenvalue weighted by atomic mass is 10.00. The van der Waals surface area contributed by atoms with Crippen LogP contribution in [-0.4, -0.2) is 33.3 Å². The Morgan fingerprint density at radius 2 is 1.81 bits per heavy atom. The van der Waals surface area contributed by atoms with Gasteiger partial charge in [0.05, 0.1) is 12.2 Å². The molecule has 0 spiro atoms. The number of nitrogens with zero attached hydrogens (tertiary/aromatic N) is 3. The van der Waals surface area contributed by atoms with Gasteiger partial charge in [0.1, 0.15) is 0 Å². The predicted octanol–water partition coefficient (Wildman–Crippen LogP) is 3.34. The van der Waals surface area contributed by atoms with Gasteiger partial charge in [-0.05, 0) is 23.1 Å². The minimum atomic E-state index is 0.104. The lowest BCUT2D eigenvalue weighted by molar-refractivity contribution is -0.129. The van der Waals surface area contributed by atoms with Crippen molar-refractivity contribution in [3.8, 4) is 0 Å². The van der Waals surface area contributed by atoms with Crippen molar-refractivity contribution >= 4 is 17.7 Å². The van der Waals surface area contributed by atoms with Gasteiger partial charge < -0.3 is 9.32 Å². The highest BCUT2D eigenvalue weighted by molar-refractivity contribution is 7.99. The summed E-state index contributed by atoms with van der Waals surface area (Å²) in [5.41, 5.74) is 3.70. The molecular formula is C20H19N3O2S. The summed E-state index contributed by atoms with van der Waals surface area (Å²) >= 11 is 1.30.